The molecule has 1 aliphatic heterocycles. The van der Waals surface area contributed by atoms with Gasteiger partial charge in [0, 0.05) is 17.4 Å². The highest BCUT2D eigenvalue weighted by Gasteiger charge is 2.20. The second kappa shape index (κ2) is 1.92. The van der Waals surface area contributed by atoms with E-state index in [0.29, 0.717) is 5.57 Å². The molecular weight excluding hydrogens is 140 g/mol. The summed E-state index contributed by atoms with van der Waals surface area (Å²) in [5, 5.41) is 0. The van der Waals surface area contributed by atoms with Crippen molar-refractivity contribution in [1.29, 1.82) is 0 Å². The number of hydrogen-bond acceptors (Lipinski definition) is 2. The number of allylic oxidation sites excluding steroid dienone is 4. The minimum Gasteiger partial charge on any atom is -0.366 e. The average molecular weight is 146 g/mol. The Bertz CT molecular complexity index is 345. The molecule has 0 spiro atoms. The minimum atomic E-state index is -0.395. The number of nitrogens with zero attached hydrogens (tertiary/aromatic N) is 1. The summed E-state index contributed by atoms with van der Waals surface area (Å²) in [5.74, 6) is -0.395. The van der Waals surface area contributed by atoms with Crippen molar-refractivity contribution in [3.63, 3.8) is 0 Å². The van der Waals surface area contributed by atoms with E-state index in [2.05, 4.69) is 4.99 Å². The van der Waals surface area contributed by atoms with Gasteiger partial charge in [-0.1, -0.05) is 0 Å². The molecule has 11 heavy (non-hydrogen) atoms. The molecule has 1 amide bonds. The second-order valence-corrected chi connectivity index (χ2v) is 2.36. The van der Waals surface area contributed by atoms with Gasteiger partial charge >= 0.3 is 0 Å². The van der Waals surface area contributed by atoms with E-state index in [9.17, 15) is 4.79 Å². The minimum absolute atomic E-state index is 0.395. The molecule has 0 aromatic carbocycles. The molecule has 0 radical (unpaired) electrons. The van der Waals surface area contributed by atoms with Crippen LogP contribution in [0.5, 0.6) is 0 Å². The topological polar surface area (TPSA) is 55.5 Å². The number of nitrogens with two attached hydrogens (primary N) is 1. The normalized spacial score (nSPS) is 19.1. The van der Waals surface area contributed by atoms with Gasteiger partial charge in [-0.25, -0.2) is 0 Å². The zero-order chi connectivity index (χ0) is 7.84. The van der Waals surface area contributed by atoms with E-state index < -0.39 is 5.91 Å². The lowest BCUT2D eigenvalue weighted by Crippen LogP contribution is -2.13. The number of rotatable bonds is 1. The molecule has 0 unspecified atom stereocenters. The summed E-state index contributed by atoms with van der Waals surface area (Å²) in [6.45, 7) is 0. The van der Waals surface area contributed by atoms with Crippen LogP contribution in [0.3, 0.4) is 0 Å². The Morgan fingerprint density at radius 2 is 2.18 bits per heavy atom. The number of carbonyl (C=O) groups excluding carboxylic acids is 1. The molecular formula is C8H6N2O. The second-order valence-electron chi connectivity index (χ2n) is 2.36. The molecule has 1 aliphatic carbocycles. The average Bonchev–Trinajstić information content (AvgIpc) is 2.41. The highest BCUT2D eigenvalue weighted by Crippen LogP contribution is 2.28. The van der Waals surface area contributed by atoms with E-state index in [1.54, 1.807) is 24.4 Å². The van der Waals surface area contributed by atoms with Crippen LogP contribution in [0, 0.1) is 0 Å². The fraction of sp³-hybridized carbons (Fsp3) is 0. The van der Waals surface area contributed by atoms with Gasteiger partial charge in [-0.05, 0) is 18.2 Å². The summed E-state index contributed by atoms with van der Waals surface area (Å²) in [5.41, 5.74) is 7.35. The molecule has 2 aliphatic rings. The number of hydrogen-bond donors (Lipinski definition) is 1. The van der Waals surface area contributed by atoms with Gasteiger partial charge < -0.3 is 5.73 Å². The van der Waals surface area contributed by atoms with Crippen molar-refractivity contribution in [1.82, 2.24) is 0 Å². The summed E-state index contributed by atoms with van der Waals surface area (Å²) in [7, 11) is 0. The van der Waals surface area contributed by atoms with Crippen LogP contribution in [-0.2, 0) is 4.79 Å². The lowest BCUT2D eigenvalue weighted by Gasteiger charge is -1.97. The molecule has 2 rings (SSSR count). The lowest BCUT2D eigenvalue weighted by atomic mass is 10.1. The quantitative estimate of drug-likeness (QED) is 0.568. The molecule has 3 heteroatoms. The van der Waals surface area contributed by atoms with Gasteiger partial charge in [0.25, 0.3) is 0 Å². The van der Waals surface area contributed by atoms with E-state index in [4.69, 9.17) is 5.73 Å². The van der Waals surface area contributed by atoms with Crippen LogP contribution in [0.1, 0.15) is 0 Å². The third kappa shape index (κ3) is 0.741. The third-order valence-corrected chi connectivity index (χ3v) is 1.69. The molecule has 54 valence electrons. The first-order valence-electron chi connectivity index (χ1n) is 3.26. The smallest absolute Gasteiger partial charge is 0.249 e. The van der Waals surface area contributed by atoms with E-state index in [1.165, 1.54) is 0 Å². The molecule has 0 saturated heterocycles. The van der Waals surface area contributed by atoms with E-state index >= 15 is 0 Å². The monoisotopic (exact) mass is 146 g/mol. The van der Waals surface area contributed by atoms with Crippen molar-refractivity contribution < 1.29 is 4.79 Å². The van der Waals surface area contributed by atoms with Gasteiger partial charge in [-0.2, -0.15) is 0 Å². The fourth-order valence-electron chi connectivity index (χ4n) is 1.17. The number of amides is 1. The molecule has 3 nitrogen and oxygen atoms in total. The van der Waals surface area contributed by atoms with Gasteiger partial charge in [0.2, 0.25) is 5.91 Å². The Hall–Kier alpha value is -1.64. The van der Waals surface area contributed by atoms with E-state index in [-0.39, 0.29) is 0 Å². The third-order valence-electron chi connectivity index (χ3n) is 1.69. The summed E-state index contributed by atoms with van der Waals surface area (Å²) >= 11 is 0. The molecule has 0 saturated carbocycles. The Labute approximate surface area is 63.6 Å². The molecule has 0 atom stereocenters. The lowest BCUT2D eigenvalue weighted by molar-refractivity contribution is -0.114. The summed E-state index contributed by atoms with van der Waals surface area (Å²) in [4.78, 5) is 14.8. The molecule has 0 aromatic heterocycles. The van der Waals surface area contributed by atoms with Crippen molar-refractivity contribution in [2.24, 2.45) is 10.7 Å². The highest BCUT2D eigenvalue weighted by molar-refractivity contribution is 6.02. The van der Waals surface area contributed by atoms with Gasteiger partial charge in [0.05, 0.1) is 5.70 Å². The Morgan fingerprint density at radius 1 is 1.36 bits per heavy atom. The van der Waals surface area contributed by atoms with Crippen LogP contribution in [0.25, 0.3) is 0 Å². The maximum Gasteiger partial charge on any atom is 0.249 e. The van der Waals surface area contributed by atoms with Crippen molar-refractivity contribution in [3.05, 3.63) is 35.1 Å². The highest BCUT2D eigenvalue weighted by atomic mass is 16.1. The van der Waals surface area contributed by atoms with Gasteiger partial charge in [-0.3, -0.25) is 9.79 Å². The van der Waals surface area contributed by atoms with Crippen molar-refractivity contribution in [2.45, 2.75) is 0 Å². The molecule has 0 aromatic rings. The number of fused-ring (bicyclic) bond motifs is 1. The first kappa shape index (κ1) is 6.09. The SMILES string of the molecule is NC(=O)C1=CC=C2N=CC=C21. The van der Waals surface area contributed by atoms with E-state index in [1.807, 2.05) is 0 Å². The predicted molar refractivity (Wildman–Crippen MR) is 41.9 cm³/mol. The van der Waals surface area contributed by atoms with Crippen LogP contribution >= 0.6 is 0 Å². The van der Waals surface area contributed by atoms with Crippen LogP contribution in [0.4, 0.5) is 0 Å². The zero-order valence-corrected chi connectivity index (χ0v) is 5.74. The van der Waals surface area contributed by atoms with Crippen LogP contribution in [-0.4, -0.2) is 12.1 Å². The summed E-state index contributed by atoms with van der Waals surface area (Å²) in [6, 6.07) is 0. The Kier molecular flexibility index (Phi) is 1.06. The first-order chi connectivity index (χ1) is 5.29. The summed E-state index contributed by atoms with van der Waals surface area (Å²) in [6.07, 6.45) is 6.93. The predicted octanol–water partition coefficient (Wildman–Crippen LogP) is 0.306. The number of primary amides is 1. The van der Waals surface area contributed by atoms with Gasteiger partial charge in [0.15, 0.2) is 0 Å². The molecule has 2 N–H and O–H groups in total. The largest absolute Gasteiger partial charge is 0.366 e. The number of carbonyl (C=O) groups is 1. The zero-order valence-electron chi connectivity index (χ0n) is 5.74. The van der Waals surface area contributed by atoms with Crippen LogP contribution < -0.4 is 5.73 Å². The Morgan fingerprint density at radius 3 is 2.91 bits per heavy atom. The van der Waals surface area contributed by atoms with Crippen LogP contribution in [0.15, 0.2) is 40.1 Å². The summed E-state index contributed by atoms with van der Waals surface area (Å²) < 4.78 is 0. The van der Waals surface area contributed by atoms with Gasteiger partial charge in [-0.15, -0.1) is 0 Å². The molecule has 1 heterocycles. The van der Waals surface area contributed by atoms with Crippen molar-refractivity contribution in [3.8, 4) is 0 Å². The Balaban J connectivity index is 2.41. The first-order valence-corrected chi connectivity index (χ1v) is 3.26. The maximum absolute atomic E-state index is 10.8. The molecule has 0 bridgehead atoms. The van der Waals surface area contributed by atoms with Crippen LogP contribution in [0.2, 0.25) is 0 Å². The fourth-order valence-corrected chi connectivity index (χ4v) is 1.17. The van der Waals surface area contributed by atoms with Gasteiger partial charge in [0.1, 0.15) is 0 Å². The standard InChI is InChI=1S/C8H6N2O/c9-8(11)6-1-2-7-5(6)3-4-10-7/h1-4H,(H2,9,11). The van der Waals surface area contributed by atoms with Crippen molar-refractivity contribution in [2.75, 3.05) is 0 Å². The molecule has 0 fully saturated rings. The maximum atomic E-state index is 10.8. The van der Waals surface area contributed by atoms with Crippen molar-refractivity contribution >= 4 is 12.1 Å². The van der Waals surface area contributed by atoms with E-state index in [0.717, 1.165) is 11.3 Å². The number of aliphatic imine (C=N–C) groups is 1.